The Labute approximate surface area is 177 Å². The molecule has 1 aromatic carbocycles. The highest BCUT2D eigenvalue weighted by Gasteiger charge is 2.19. The van der Waals surface area contributed by atoms with Gasteiger partial charge in [-0.05, 0) is 64.8 Å². The molecule has 0 aliphatic carbocycles. The van der Waals surface area contributed by atoms with Crippen LogP contribution in [0.4, 0.5) is 5.82 Å². The second kappa shape index (κ2) is 8.06. The summed E-state index contributed by atoms with van der Waals surface area (Å²) in [7, 11) is 0. The fourth-order valence-corrected chi connectivity index (χ4v) is 4.26. The minimum atomic E-state index is -1.01. The second-order valence-corrected chi connectivity index (χ2v) is 8.50. The van der Waals surface area contributed by atoms with Crippen molar-refractivity contribution in [3.8, 4) is 22.5 Å². The highest BCUT2D eigenvalue weighted by molar-refractivity contribution is 7.90. The van der Waals surface area contributed by atoms with Crippen LogP contribution in [0.25, 0.3) is 33.4 Å². The number of aromatic nitrogens is 4. The number of H-pyrrole nitrogens is 1. The van der Waals surface area contributed by atoms with Crippen molar-refractivity contribution in [1.29, 1.82) is 0 Å². The average Bonchev–Trinajstić information content (AvgIpc) is 3.33. The first-order valence-electron chi connectivity index (χ1n) is 9.77. The van der Waals surface area contributed by atoms with Gasteiger partial charge in [-0.2, -0.15) is 5.10 Å². The fourth-order valence-electron chi connectivity index (χ4n) is 3.74. The monoisotopic (exact) mass is 419 g/mol. The summed E-state index contributed by atoms with van der Waals surface area (Å²) in [6.45, 7) is 2.96. The summed E-state index contributed by atoms with van der Waals surface area (Å²) >= 11 is -1.01. The lowest BCUT2D eigenvalue weighted by atomic mass is 10.00. The number of hydrogen-bond donors (Lipinski definition) is 1. The lowest BCUT2D eigenvalue weighted by Gasteiger charge is -2.28. The van der Waals surface area contributed by atoms with Crippen molar-refractivity contribution in [3.05, 3.63) is 54.9 Å². The minimum Gasteiger partial charge on any atom is -0.612 e. The van der Waals surface area contributed by atoms with Gasteiger partial charge in [-0.3, -0.25) is 10.1 Å². The Balaban J connectivity index is 1.72. The van der Waals surface area contributed by atoms with Crippen LogP contribution in [-0.2, 0) is 15.9 Å². The van der Waals surface area contributed by atoms with Crippen molar-refractivity contribution in [2.75, 3.05) is 37.5 Å². The molecule has 0 spiro atoms. The van der Waals surface area contributed by atoms with Gasteiger partial charge in [0, 0.05) is 30.9 Å². The molecule has 1 fully saturated rings. The third-order valence-corrected chi connectivity index (χ3v) is 6.23. The van der Waals surface area contributed by atoms with Crippen molar-refractivity contribution < 1.29 is 9.29 Å². The maximum atomic E-state index is 11.8. The maximum absolute atomic E-state index is 11.8. The van der Waals surface area contributed by atoms with Crippen LogP contribution in [0.1, 0.15) is 0 Å². The lowest BCUT2D eigenvalue weighted by molar-refractivity contribution is 0.122. The molecule has 1 saturated heterocycles. The van der Waals surface area contributed by atoms with E-state index in [1.165, 1.54) is 0 Å². The zero-order valence-corrected chi connectivity index (χ0v) is 17.4. The third-order valence-electron chi connectivity index (χ3n) is 5.29. The number of morpholine rings is 1. The number of benzene rings is 1. The average molecular weight is 420 g/mol. The molecule has 0 bridgehead atoms. The Morgan fingerprint density at radius 1 is 1.10 bits per heavy atom. The second-order valence-electron chi connectivity index (χ2n) is 7.12. The Kier molecular flexibility index (Phi) is 5.12. The van der Waals surface area contributed by atoms with Gasteiger partial charge in [0.05, 0.1) is 13.2 Å². The highest BCUT2D eigenvalue weighted by atomic mass is 32.2. The highest BCUT2D eigenvalue weighted by Crippen LogP contribution is 2.35. The van der Waals surface area contributed by atoms with Crippen molar-refractivity contribution in [3.63, 3.8) is 0 Å². The molecule has 5 rings (SSSR count). The van der Waals surface area contributed by atoms with Crippen LogP contribution in [0, 0.1) is 0 Å². The van der Waals surface area contributed by atoms with E-state index in [1.54, 1.807) is 18.6 Å². The SMILES string of the molecule is C[S+]([O-])c1ccc(-c2cc(N3CCOCC3)nc3c(-c4cc[nH]n4)nccc23)cc1. The molecule has 30 heavy (non-hydrogen) atoms. The summed E-state index contributed by atoms with van der Waals surface area (Å²) < 4.78 is 17.3. The molecule has 0 amide bonds. The van der Waals surface area contributed by atoms with E-state index < -0.39 is 11.2 Å². The van der Waals surface area contributed by atoms with Crippen molar-refractivity contribution in [2.24, 2.45) is 0 Å². The zero-order valence-electron chi connectivity index (χ0n) is 16.5. The van der Waals surface area contributed by atoms with E-state index in [0.717, 1.165) is 57.2 Å². The molecule has 3 aromatic heterocycles. The van der Waals surface area contributed by atoms with Gasteiger partial charge in [-0.1, -0.05) is 0 Å². The van der Waals surface area contributed by atoms with E-state index in [0.29, 0.717) is 13.2 Å². The molecule has 1 aliphatic heterocycles. The van der Waals surface area contributed by atoms with Crippen LogP contribution in [0.2, 0.25) is 0 Å². The molecule has 4 heterocycles. The largest absolute Gasteiger partial charge is 0.612 e. The van der Waals surface area contributed by atoms with E-state index in [1.807, 2.05) is 36.4 Å². The van der Waals surface area contributed by atoms with Crippen LogP contribution in [0.5, 0.6) is 0 Å². The smallest absolute Gasteiger partial charge is 0.152 e. The summed E-state index contributed by atoms with van der Waals surface area (Å²) in [4.78, 5) is 12.6. The Morgan fingerprint density at radius 3 is 2.60 bits per heavy atom. The van der Waals surface area contributed by atoms with Crippen molar-refractivity contribution in [2.45, 2.75) is 4.90 Å². The molecular formula is C22H21N5O2S. The molecular weight excluding hydrogens is 398 g/mol. The first kappa shape index (κ1) is 19.0. The Hall–Kier alpha value is -2.94. The molecule has 0 saturated carbocycles. The molecule has 1 N–H and O–H groups in total. The van der Waals surface area contributed by atoms with Crippen LogP contribution in [0.3, 0.4) is 0 Å². The molecule has 152 valence electrons. The van der Waals surface area contributed by atoms with Crippen molar-refractivity contribution in [1.82, 2.24) is 20.2 Å². The van der Waals surface area contributed by atoms with Gasteiger partial charge in [0.2, 0.25) is 0 Å². The van der Waals surface area contributed by atoms with E-state index >= 15 is 0 Å². The number of ether oxygens (including phenoxy) is 1. The standard InChI is InChI=1S/C22H21N5O2S/c1-30(28)16-4-2-15(3-5-16)18-14-20(27-10-12-29-13-11-27)25-21-17(18)6-8-23-22(21)19-7-9-24-26-19/h2-9,14H,10-13H2,1H3,(H,24,26). The van der Waals surface area contributed by atoms with Crippen LogP contribution in [0.15, 0.2) is 59.8 Å². The lowest BCUT2D eigenvalue weighted by Crippen LogP contribution is -2.36. The van der Waals surface area contributed by atoms with Gasteiger partial charge in [-0.15, -0.1) is 0 Å². The van der Waals surface area contributed by atoms with E-state index in [9.17, 15) is 4.55 Å². The Morgan fingerprint density at radius 2 is 1.90 bits per heavy atom. The summed E-state index contributed by atoms with van der Waals surface area (Å²) in [6, 6.07) is 13.9. The van der Waals surface area contributed by atoms with Crippen LogP contribution < -0.4 is 4.90 Å². The summed E-state index contributed by atoms with van der Waals surface area (Å²) in [6.07, 6.45) is 5.27. The van der Waals surface area contributed by atoms with Gasteiger partial charge < -0.3 is 14.2 Å². The molecule has 8 heteroatoms. The Bertz CT molecular complexity index is 1160. The number of pyridine rings is 2. The predicted octanol–water partition coefficient (Wildman–Crippen LogP) is 3.26. The van der Waals surface area contributed by atoms with Gasteiger partial charge in [0.25, 0.3) is 0 Å². The van der Waals surface area contributed by atoms with Gasteiger partial charge in [0.1, 0.15) is 29.0 Å². The number of rotatable bonds is 4. The van der Waals surface area contributed by atoms with E-state index in [2.05, 4.69) is 26.1 Å². The summed E-state index contributed by atoms with van der Waals surface area (Å²) in [5.41, 5.74) is 4.43. The quantitative estimate of drug-likeness (QED) is 0.511. The topological polar surface area (TPSA) is 90.0 Å². The first-order valence-corrected chi connectivity index (χ1v) is 11.3. The molecule has 4 aromatic rings. The number of hydrogen-bond acceptors (Lipinski definition) is 6. The van der Waals surface area contributed by atoms with Crippen LogP contribution in [-0.4, -0.2) is 57.3 Å². The normalized spacial score (nSPS) is 15.5. The molecule has 1 atom stereocenters. The third kappa shape index (κ3) is 3.54. The van der Waals surface area contributed by atoms with E-state index in [4.69, 9.17) is 9.72 Å². The van der Waals surface area contributed by atoms with Gasteiger partial charge >= 0.3 is 0 Å². The maximum Gasteiger partial charge on any atom is 0.152 e. The zero-order chi connectivity index (χ0) is 20.5. The minimum absolute atomic E-state index is 0.686. The molecule has 1 unspecified atom stereocenters. The molecule has 0 radical (unpaired) electrons. The number of nitrogens with zero attached hydrogens (tertiary/aromatic N) is 4. The number of nitrogens with one attached hydrogen (secondary N) is 1. The predicted molar refractivity (Wildman–Crippen MR) is 118 cm³/mol. The number of anilines is 1. The van der Waals surface area contributed by atoms with Gasteiger partial charge in [-0.25, -0.2) is 4.98 Å². The summed E-state index contributed by atoms with van der Waals surface area (Å²) in [5.74, 6) is 0.897. The van der Waals surface area contributed by atoms with Gasteiger partial charge in [0.15, 0.2) is 4.90 Å². The van der Waals surface area contributed by atoms with Crippen LogP contribution >= 0.6 is 0 Å². The fraction of sp³-hybridized carbons (Fsp3) is 0.227. The number of aromatic amines is 1. The van der Waals surface area contributed by atoms with E-state index in [-0.39, 0.29) is 0 Å². The van der Waals surface area contributed by atoms with Crippen molar-refractivity contribution >= 4 is 27.9 Å². The first-order chi connectivity index (χ1) is 14.7. The summed E-state index contributed by atoms with van der Waals surface area (Å²) in [5, 5.41) is 8.18. The molecule has 7 nitrogen and oxygen atoms in total. The number of fused-ring (bicyclic) bond motifs is 1. The molecule has 1 aliphatic rings.